The van der Waals surface area contributed by atoms with Crippen LogP contribution in [0.3, 0.4) is 0 Å². The van der Waals surface area contributed by atoms with E-state index in [1.165, 1.54) is 4.90 Å². The van der Waals surface area contributed by atoms with E-state index in [4.69, 9.17) is 9.72 Å². The number of carbonyl (C=O) groups excluding carboxylic acids is 4. The second kappa shape index (κ2) is 8.72. The van der Waals surface area contributed by atoms with Crippen LogP contribution in [0.2, 0.25) is 0 Å². The summed E-state index contributed by atoms with van der Waals surface area (Å²) in [4.78, 5) is 58.1. The fourth-order valence-corrected chi connectivity index (χ4v) is 5.88. The zero-order valence-electron chi connectivity index (χ0n) is 21.5. The molecule has 0 radical (unpaired) electrons. The first-order valence-electron chi connectivity index (χ1n) is 12.9. The second-order valence-corrected chi connectivity index (χ2v) is 11.4. The predicted molar refractivity (Wildman–Crippen MR) is 142 cm³/mol. The molecule has 1 saturated carbocycles. The van der Waals surface area contributed by atoms with Crippen molar-refractivity contribution in [1.82, 2.24) is 4.98 Å². The Hall–Kier alpha value is -4.13. The quantitative estimate of drug-likeness (QED) is 0.274. The number of ether oxygens (including phenoxy) is 1. The maximum absolute atomic E-state index is 13.3. The fraction of sp³-hybridized carbons (Fsp3) is 0.323. The Kier molecular flexibility index (Phi) is 5.56. The number of nitrogens with zero attached hydrogens (tertiary/aromatic N) is 2. The number of pyridine rings is 1. The van der Waals surface area contributed by atoms with Gasteiger partial charge in [-0.15, -0.1) is 0 Å². The van der Waals surface area contributed by atoms with Gasteiger partial charge in [0, 0.05) is 16.4 Å². The lowest BCUT2D eigenvalue weighted by Gasteiger charge is -2.18. The van der Waals surface area contributed by atoms with Crippen molar-refractivity contribution in [2.45, 2.75) is 27.2 Å². The first kappa shape index (κ1) is 24.2. The Bertz CT molecular complexity index is 1520. The van der Waals surface area contributed by atoms with Gasteiger partial charge < -0.3 is 4.74 Å². The van der Waals surface area contributed by atoms with Crippen molar-refractivity contribution in [1.29, 1.82) is 0 Å². The summed E-state index contributed by atoms with van der Waals surface area (Å²) in [6, 6.07) is 16.0. The molecule has 2 amide bonds. The molecule has 1 aromatic heterocycles. The highest BCUT2D eigenvalue weighted by Crippen LogP contribution is 2.53. The summed E-state index contributed by atoms with van der Waals surface area (Å²) in [6.07, 6.45) is 5.03. The maximum atomic E-state index is 13.3. The third kappa shape index (κ3) is 3.85. The molecule has 2 aromatic carbocycles. The molecule has 38 heavy (non-hydrogen) atoms. The van der Waals surface area contributed by atoms with Gasteiger partial charge in [-0.05, 0) is 42.5 Å². The number of esters is 1. The van der Waals surface area contributed by atoms with Crippen LogP contribution < -0.4 is 4.90 Å². The van der Waals surface area contributed by atoms with Crippen LogP contribution in [-0.2, 0) is 19.1 Å². The van der Waals surface area contributed by atoms with Crippen molar-refractivity contribution < 1.29 is 23.9 Å². The number of benzene rings is 2. The van der Waals surface area contributed by atoms with Crippen LogP contribution >= 0.6 is 0 Å². The summed E-state index contributed by atoms with van der Waals surface area (Å²) in [5.41, 5.74) is 1.93. The number of aromatic nitrogens is 1. The molecule has 1 saturated heterocycles. The van der Waals surface area contributed by atoms with Gasteiger partial charge in [0.25, 0.3) is 0 Å². The number of allylic oxidation sites excluding steroid dienone is 2. The van der Waals surface area contributed by atoms with Crippen LogP contribution in [0.25, 0.3) is 22.2 Å². The highest BCUT2D eigenvalue weighted by molar-refractivity contribution is 6.23. The standard InChI is InChI=1S/C31H28N2O5/c1-31(2,3)25(34)16-38-30(37)22-15-24(32-23-10-5-4-9-21(22)23)17-7-6-8-20(14-17)33-28(35)26-18-11-12-19(13-18)27(26)29(33)36/h4-12,14-15,18-19,26-27H,13,16H2,1-3H3/t18-,19-,26-,27-/m0/s1. The number of hydrogen-bond donors (Lipinski definition) is 0. The average Bonchev–Trinajstić information content (AvgIpc) is 3.59. The number of ketones is 1. The molecule has 0 N–H and O–H groups in total. The van der Waals surface area contributed by atoms with Gasteiger partial charge in [0.1, 0.15) is 0 Å². The van der Waals surface area contributed by atoms with E-state index >= 15 is 0 Å². The van der Waals surface area contributed by atoms with Crippen molar-refractivity contribution in [2.75, 3.05) is 11.5 Å². The zero-order valence-corrected chi connectivity index (χ0v) is 21.5. The molecule has 2 bridgehead atoms. The van der Waals surface area contributed by atoms with Crippen molar-refractivity contribution >= 4 is 40.2 Å². The largest absolute Gasteiger partial charge is 0.454 e. The van der Waals surface area contributed by atoms with Crippen molar-refractivity contribution in [3.8, 4) is 11.3 Å². The summed E-state index contributed by atoms with van der Waals surface area (Å²) >= 11 is 0. The molecule has 2 aliphatic carbocycles. The number of fused-ring (bicyclic) bond motifs is 6. The van der Waals surface area contributed by atoms with E-state index in [-0.39, 0.29) is 47.9 Å². The van der Waals surface area contributed by atoms with Crippen molar-refractivity contribution in [3.05, 3.63) is 72.3 Å². The van der Waals surface area contributed by atoms with E-state index in [2.05, 4.69) is 12.2 Å². The molecule has 0 unspecified atom stereocenters. The first-order valence-corrected chi connectivity index (χ1v) is 12.9. The van der Waals surface area contributed by atoms with E-state index < -0.39 is 11.4 Å². The minimum atomic E-state index is -0.620. The van der Waals surface area contributed by atoms with Gasteiger partial charge in [0.15, 0.2) is 12.4 Å². The van der Waals surface area contributed by atoms with Gasteiger partial charge >= 0.3 is 5.97 Å². The van der Waals surface area contributed by atoms with Gasteiger partial charge in [-0.1, -0.05) is 63.3 Å². The SMILES string of the molecule is CC(C)(C)C(=O)COC(=O)c1cc(-c2cccc(N3C(=O)[C@@H]4[C@@H](C3=O)[C@H]3C=C[C@H]4C3)c2)nc2ccccc12. The van der Waals surface area contributed by atoms with Crippen LogP contribution in [-0.4, -0.2) is 35.2 Å². The van der Waals surface area contributed by atoms with Crippen LogP contribution in [0, 0.1) is 29.1 Å². The molecule has 192 valence electrons. The maximum Gasteiger partial charge on any atom is 0.339 e. The predicted octanol–water partition coefficient (Wildman–Crippen LogP) is 4.99. The smallest absolute Gasteiger partial charge is 0.339 e. The number of para-hydroxylation sites is 1. The van der Waals surface area contributed by atoms with Crippen LogP contribution in [0.5, 0.6) is 0 Å². The number of rotatable bonds is 5. The lowest BCUT2D eigenvalue weighted by molar-refractivity contribution is -0.129. The van der Waals surface area contributed by atoms with E-state index in [0.29, 0.717) is 33.4 Å². The van der Waals surface area contributed by atoms with Gasteiger partial charge in [-0.2, -0.15) is 0 Å². The molecule has 4 atom stereocenters. The van der Waals surface area contributed by atoms with E-state index in [1.54, 1.807) is 57.2 Å². The van der Waals surface area contributed by atoms with Gasteiger partial charge in [-0.3, -0.25) is 14.4 Å². The molecule has 1 aliphatic heterocycles. The molecule has 3 aromatic rings. The topological polar surface area (TPSA) is 93.6 Å². The van der Waals surface area contributed by atoms with Gasteiger partial charge in [0.05, 0.1) is 34.3 Å². The van der Waals surface area contributed by atoms with Crippen LogP contribution in [0.4, 0.5) is 5.69 Å². The number of amides is 2. The Morgan fingerprint density at radius 2 is 1.63 bits per heavy atom. The van der Waals surface area contributed by atoms with Crippen LogP contribution in [0.15, 0.2) is 66.7 Å². The summed E-state index contributed by atoms with van der Waals surface area (Å²) in [5.74, 6) is -1.37. The Labute approximate surface area is 220 Å². The number of Topliss-reactive ketones (excluding diaryl/α,β-unsaturated/α-hetero) is 1. The molecule has 2 fully saturated rings. The van der Waals surface area contributed by atoms with Gasteiger partial charge in [-0.25, -0.2) is 14.7 Å². The van der Waals surface area contributed by atoms with Crippen molar-refractivity contribution in [2.24, 2.45) is 29.1 Å². The number of anilines is 1. The van der Waals surface area contributed by atoms with Crippen LogP contribution in [0.1, 0.15) is 37.6 Å². The molecule has 6 rings (SSSR count). The monoisotopic (exact) mass is 508 g/mol. The fourth-order valence-electron chi connectivity index (χ4n) is 5.88. The minimum Gasteiger partial charge on any atom is -0.454 e. The molecule has 7 heteroatoms. The molecular weight excluding hydrogens is 480 g/mol. The second-order valence-electron chi connectivity index (χ2n) is 11.4. The average molecular weight is 509 g/mol. The highest BCUT2D eigenvalue weighted by Gasteiger charge is 2.59. The van der Waals surface area contributed by atoms with Gasteiger partial charge in [0.2, 0.25) is 11.8 Å². The summed E-state index contributed by atoms with van der Waals surface area (Å²) in [7, 11) is 0. The molecule has 0 spiro atoms. The lowest BCUT2D eigenvalue weighted by Crippen LogP contribution is -2.32. The van der Waals surface area contributed by atoms with E-state index in [1.807, 2.05) is 18.2 Å². The normalized spacial score (nSPS) is 23.8. The number of carbonyl (C=O) groups is 4. The number of imide groups is 1. The summed E-state index contributed by atoms with van der Waals surface area (Å²) < 4.78 is 5.40. The van der Waals surface area contributed by atoms with E-state index in [0.717, 1.165) is 6.42 Å². The highest BCUT2D eigenvalue weighted by atomic mass is 16.5. The Morgan fingerprint density at radius 1 is 0.947 bits per heavy atom. The van der Waals surface area contributed by atoms with Crippen molar-refractivity contribution in [3.63, 3.8) is 0 Å². The third-order valence-electron chi connectivity index (χ3n) is 7.98. The third-order valence-corrected chi connectivity index (χ3v) is 7.98. The Balaban J connectivity index is 1.34. The Morgan fingerprint density at radius 3 is 2.32 bits per heavy atom. The zero-order chi connectivity index (χ0) is 26.8. The molecular formula is C31H28N2O5. The van der Waals surface area contributed by atoms with E-state index in [9.17, 15) is 19.2 Å². The number of hydrogen-bond acceptors (Lipinski definition) is 6. The first-order chi connectivity index (χ1) is 18.1. The molecule has 2 heterocycles. The molecule has 3 aliphatic rings. The minimum absolute atomic E-state index is 0.135. The lowest BCUT2D eigenvalue weighted by atomic mass is 9.85. The molecule has 7 nitrogen and oxygen atoms in total. The summed E-state index contributed by atoms with van der Waals surface area (Å²) in [5, 5.41) is 0.612. The summed E-state index contributed by atoms with van der Waals surface area (Å²) in [6.45, 7) is 5.02.